The SMILES string of the molecule is CCCCCCCCCOc1ccccc1. The maximum atomic E-state index is 5.63. The van der Waals surface area contributed by atoms with Crippen LogP contribution in [0.4, 0.5) is 0 Å². The van der Waals surface area contributed by atoms with Crippen molar-refractivity contribution in [2.24, 2.45) is 0 Å². The molecule has 0 spiro atoms. The number of rotatable bonds is 9. The molecule has 0 aliphatic heterocycles. The van der Waals surface area contributed by atoms with E-state index in [9.17, 15) is 0 Å². The summed E-state index contributed by atoms with van der Waals surface area (Å²) >= 11 is 0. The van der Waals surface area contributed by atoms with Crippen molar-refractivity contribution in [2.75, 3.05) is 6.61 Å². The quantitative estimate of drug-likeness (QED) is 0.542. The largest absolute Gasteiger partial charge is 0.494 e. The van der Waals surface area contributed by atoms with Crippen LogP contribution in [0.5, 0.6) is 5.75 Å². The van der Waals surface area contributed by atoms with Crippen LogP contribution in [0.2, 0.25) is 0 Å². The molecule has 0 amide bonds. The van der Waals surface area contributed by atoms with Crippen molar-refractivity contribution in [3.63, 3.8) is 0 Å². The molecule has 1 nitrogen and oxygen atoms in total. The highest BCUT2D eigenvalue weighted by atomic mass is 16.5. The van der Waals surface area contributed by atoms with E-state index in [4.69, 9.17) is 4.74 Å². The monoisotopic (exact) mass is 220 g/mol. The second kappa shape index (κ2) is 9.26. The first-order valence-electron chi connectivity index (χ1n) is 6.61. The van der Waals surface area contributed by atoms with Crippen molar-refractivity contribution >= 4 is 0 Å². The van der Waals surface area contributed by atoms with Crippen LogP contribution in [0.15, 0.2) is 30.3 Å². The molecule has 0 unspecified atom stereocenters. The van der Waals surface area contributed by atoms with Crippen molar-refractivity contribution in [2.45, 2.75) is 51.9 Å². The van der Waals surface area contributed by atoms with E-state index in [1.165, 1.54) is 44.9 Å². The van der Waals surface area contributed by atoms with Gasteiger partial charge in [0.1, 0.15) is 5.75 Å². The van der Waals surface area contributed by atoms with Crippen LogP contribution in [0.25, 0.3) is 0 Å². The Balaban J connectivity index is 1.89. The minimum atomic E-state index is 0.859. The van der Waals surface area contributed by atoms with E-state index < -0.39 is 0 Å². The van der Waals surface area contributed by atoms with E-state index in [-0.39, 0.29) is 0 Å². The zero-order valence-corrected chi connectivity index (χ0v) is 10.5. The molecule has 0 aliphatic rings. The van der Waals surface area contributed by atoms with E-state index in [0.29, 0.717) is 0 Å². The predicted molar refractivity (Wildman–Crippen MR) is 69.9 cm³/mol. The maximum absolute atomic E-state index is 5.63. The summed E-state index contributed by atoms with van der Waals surface area (Å²) in [4.78, 5) is 0. The lowest BCUT2D eigenvalue weighted by Crippen LogP contribution is -1.96. The number of unbranched alkanes of at least 4 members (excludes halogenated alkanes) is 6. The van der Waals surface area contributed by atoms with Gasteiger partial charge in [-0.2, -0.15) is 0 Å². The summed E-state index contributed by atoms with van der Waals surface area (Å²) in [6.45, 7) is 3.12. The minimum Gasteiger partial charge on any atom is -0.494 e. The van der Waals surface area contributed by atoms with Crippen LogP contribution in [0, 0.1) is 0 Å². The Morgan fingerprint density at radius 3 is 2.12 bits per heavy atom. The predicted octanol–water partition coefficient (Wildman–Crippen LogP) is 4.82. The minimum absolute atomic E-state index is 0.859. The molecule has 90 valence electrons. The molecule has 0 aromatic heterocycles. The summed E-state index contributed by atoms with van der Waals surface area (Å²) in [7, 11) is 0. The number of benzene rings is 1. The van der Waals surface area contributed by atoms with Gasteiger partial charge in [0.25, 0.3) is 0 Å². The van der Waals surface area contributed by atoms with Crippen molar-refractivity contribution in [3.05, 3.63) is 30.3 Å². The molecule has 0 radical (unpaired) electrons. The van der Waals surface area contributed by atoms with Crippen LogP contribution in [0.3, 0.4) is 0 Å². The van der Waals surface area contributed by atoms with E-state index in [1.54, 1.807) is 0 Å². The lowest BCUT2D eigenvalue weighted by Gasteiger charge is -2.05. The normalized spacial score (nSPS) is 10.3. The molecule has 0 aliphatic carbocycles. The zero-order valence-electron chi connectivity index (χ0n) is 10.5. The molecule has 1 rings (SSSR count). The summed E-state index contributed by atoms with van der Waals surface area (Å²) in [5, 5.41) is 0. The second-order valence-corrected chi connectivity index (χ2v) is 4.28. The van der Waals surface area contributed by atoms with E-state index in [1.807, 2.05) is 30.3 Å². The van der Waals surface area contributed by atoms with Gasteiger partial charge in [0.15, 0.2) is 0 Å². The molecule has 1 heteroatoms. The fraction of sp³-hybridized carbons (Fsp3) is 0.600. The highest BCUT2D eigenvalue weighted by molar-refractivity contribution is 5.20. The number of hydrogen-bond acceptors (Lipinski definition) is 1. The molecular formula is C15H24O. The topological polar surface area (TPSA) is 9.23 Å². The van der Waals surface area contributed by atoms with Gasteiger partial charge >= 0.3 is 0 Å². The molecule has 0 heterocycles. The standard InChI is InChI=1S/C15H24O/c1-2-3-4-5-6-7-11-14-16-15-12-9-8-10-13-15/h8-10,12-13H,2-7,11,14H2,1H3. The van der Waals surface area contributed by atoms with Gasteiger partial charge in [-0.1, -0.05) is 63.6 Å². The Morgan fingerprint density at radius 1 is 0.812 bits per heavy atom. The van der Waals surface area contributed by atoms with Crippen LogP contribution < -0.4 is 4.74 Å². The molecular weight excluding hydrogens is 196 g/mol. The van der Waals surface area contributed by atoms with Crippen molar-refractivity contribution < 1.29 is 4.74 Å². The molecule has 0 fully saturated rings. The van der Waals surface area contributed by atoms with Crippen LogP contribution in [-0.2, 0) is 0 Å². The van der Waals surface area contributed by atoms with Gasteiger partial charge in [0, 0.05) is 0 Å². The fourth-order valence-electron chi connectivity index (χ4n) is 1.77. The molecule has 0 saturated carbocycles. The number of ether oxygens (including phenoxy) is 1. The summed E-state index contributed by atoms with van der Waals surface area (Å²) in [5.41, 5.74) is 0. The van der Waals surface area contributed by atoms with Gasteiger partial charge in [-0.05, 0) is 18.6 Å². The Kier molecular flexibility index (Phi) is 7.57. The third-order valence-electron chi connectivity index (χ3n) is 2.76. The Bertz CT molecular complexity index is 243. The Morgan fingerprint density at radius 2 is 1.44 bits per heavy atom. The highest BCUT2D eigenvalue weighted by Crippen LogP contribution is 2.10. The first-order chi connectivity index (χ1) is 7.93. The Hall–Kier alpha value is -0.980. The molecule has 0 bridgehead atoms. The lowest BCUT2D eigenvalue weighted by molar-refractivity contribution is 0.304. The van der Waals surface area contributed by atoms with E-state index in [0.717, 1.165) is 12.4 Å². The summed E-state index contributed by atoms with van der Waals surface area (Å²) < 4.78 is 5.63. The summed E-state index contributed by atoms with van der Waals surface area (Å²) in [5.74, 6) is 0.994. The first kappa shape index (κ1) is 13.1. The number of para-hydroxylation sites is 1. The van der Waals surface area contributed by atoms with Gasteiger partial charge in [-0.3, -0.25) is 0 Å². The molecule has 1 aromatic carbocycles. The zero-order chi connectivity index (χ0) is 11.5. The Labute approximate surface area is 99.8 Å². The van der Waals surface area contributed by atoms with Crippen molar-refractivity contribution in [1.82, 2.24) is 0 Å². The molecule has 0 atom stereocenters. The van der Waals surface area contributed by atoms with Gasteiger partial charge < -0.3 is 4.74 Å². The van der Waals surface area contributed by atoms with Gasteiger partial charge in [0.2, 0.25) is 0 Å². The van der Waals surface area contributed by atoms with E-state index >= 15 is 0 Å². The number of hydrogen-bond donors (Lipinski definition) is 0. The van der Waals surface area contributed by atoms with Crippen LogP contribution >= 0.6 is 0 Å². The van der Waals surface area contributed by atoms with Crippen LogP contribution in [0.1, 0.15) is 51.9 Å². The maximum Gasteiger partial charge on any atom is 0.119 e. The van der Waals surface area contributed by atoms with Crippen molar-refractivity contribution in [3.8, 4) is 5.75 Å². The first-order valence-corrected chi connectivity index (χ1v) is 6.61. The highest BCUT2D eigenvalue weighted by Gasteiger charge is 1.93. The third-order valence-corrected chi connectivity index (χ3v) is 2.76. The van der Waals surface area contributed by atoms with Crippen molar-refractivity contribution in [1.29, 1.82) is 0 Å². The van der Waals surface area contributed by atoms with Gasteiger partial charge in [0.05, 0.1) is 6.61 Å². The molecule has 16 heavy (non-hydrogen) atoms. The molecule has 0 saturated heterocycles. The second-order valence-electron chi connectivity index (χ2n) is 4.28. The van der Waals surface area contributed by atoms with Gasteiger partial charge in [-0.25, -0.2) is 0 Å². The lowest BCUT2D eigenvalue weighted by atomic mass is 10.1. The van der Waals surface area contributed by atoms with E-state index in [2.05, 4.69) is 6.92 Å². The van der Waals surface area contributed by atoms with Crippen LogP contribution in [-0.4, -0.2) is 6.61 Å². The fourth-order valence-corrected chi connectivity index (χ4v) is 1.77. The summed E-state index contributed by atoms with van der Waals surface area (Å²) in [6.07, 6.45) is 9.35. The third kappa shape index (κ3) is 6.49. The molecule has 1 aromatic rings. The van der Waals surface area contributed by atoms with Gasteiger partial charge in [-0.15, -0.1) is 0 Å². The smallest absolute Gasteiger partial charge is 0.119 e. The summed E-state index contributed by atoms with van der Waals surface area (Å²) in [6, 6.07) is 10.1. The average Bonchev–Trinajstić information content (AvgIpc) is 2.34. The molecule has 0 N–H and O–H groups in total. The average molecular weight is 220 g/mol.